The number of ether oxygens (including phenoxy) is 2. The van der Waals surface area contributed by atoms with Crippen LogP contribution in [0.25, 0.3) is 0 Å². The largest absolute Gasteiger partial charge is 0.472 e. The summed E-state index contributed by atoms with van der Waals surface area (Å²) in [5.74, 6) is -0.801. The fourth-order valence-electron chi connectivity index (χ4n) is 13.2. The summed E-state index contributed by atoms with van der Waals surface area (Å²) in [4.78, 5) is 35.5. The van der Waals surface area contributed by atoms with E-state index >= 15 is 0 Å². The Hall–Kier alpha value is -2.55. The molecule has 0 spiro atoms. The van der Waals surface area contributed by atoms with Gasteiger partial charge in [0.05, 0.1) is 13.2 Å². The van der Waals surface area contributed by atoms with Gasteiger partial charge in [-0.2, -0.15) is 0 Å². The highest BCUT2D eigenvalue weighted by atomic mass is 31.2. The molecule has 0 aliphatic heterocycles. The molecule has 0 aliphatic carbocycles. The number of carbonyl (C=O) groups excluding carboxylic acids is 2. The maximum absolute atomic E-state index is 12.8. The van der Waals surface area contributed by atoms with Crippen molar-refractivity contribution in [3.63, 3.8) is 0 Å². The summed E-state index contributed by atoms with van der Waals surface area (Å²) < 4.78 is 33.3. The molecule has 3 N–H and O–H groups in total. The molecule has 2 atom stereocenters. The maximum Gasteiger partial charge on any atom is 0.472 e. The van der Waals surface area contributed by atoms with Gasteiger partial charge in [0.2, 0.25) is 0 Å². The van der Waals surface area contributed by atoms with E-state index in [0.717, 1.165) is 70.6 Å². The summed E-state index contributed by atoms with van der Waals surface area (Å²) in [5, 5.41) is 0. The summed E-state index contributed by atoms with van der Waals surface area (Å²) in [6.45, 7) is 3.71. The van der Waals surface area contributed by atoms with Crippen LogP contribution < -0.4 is 5.73 Å². The minimum Gasteiger partial charge on any atom is -0.462 e. The SMILES string of the molecule is CC/C=C\C/C=C\C/C=C\C/C=C\C/C=C\C/C=C\CCCCCCCCCCCCCCCCCCCCCCCCC(=O)OC(COC(=O)CCCCCCCCCCCCCCCCCCCCCCCCCCCCCCCCCCCCCCC)COP(=O)(O)OCCN. The lowest BCUT2D eigenvalue weighted by atomic mass is 10.0. The Bertz CT molecular complexity index is 1860. The van der Waals surface area contributed by atoms with Crippen molar-refractivity contribution < 1.29 is 37.6 Å². The standard InChI is InChI=1S/C89H166NO8P/c1-3-5-7-9-11-13-15-17-19-21-23-25-27-29-31-33-35-37-39-41-42-43-44-46-48-50-52-54-56-58-60-62-64-66-68-70-72-74-76-78-80-82-89(92)98-87(86-97-99(93,94)96-84-83-90)85-95-88(91)81-79-77-75-73-71-69-67-65-63-61-59-57-55-53-51-49-47-45-40-38-36-34-32-30-28-26-24-22-20-18-16-14-12-10-8-6-4-2/h5,7,11,13,17,19,23,25,29,31,35,37,87H,3-4,6,8-10,12,14-16,18,20-22,24,26-28,30,32-34,36,38-86,90H2,1-2H3,(H,93,94)/b7-5-,13-11-,19-17-,25-23-,31-29-,37-35-. The van der Waals surface area contributed by atoms with E-state index in [1.54, 1.807) is 0 Å². The summed E-state index contributed by atoms with van der Waals surface area (Å²) in [5.41, 5.74) is 5.42. The van der Waals surface area contributed by atoms with Crippen molar-refractivity contribution in [3.05, 3.63) is 72.9 Å². The normalized spacial score (nSPS) is 13.1. The van der Waals surface area contributed by atoms with Gasteiger partial charge in [0.25, 0.3) is 0 Å². The third kappa shape index (κ3) is 84.3. The zero-order valence-corrected chi connectivity index (χ0v) is 66.6. The molecule has 0 heterocycles. The van der Waals surface area contributed by atoms with Crippen molar-refractivity contribution in [2.75, 3.05) is 26.4 Å². The minimum atomic E-state index is -4.40. The molecule has 0 radical (unpaired) electrons. The molecule has 0 aliphatic rings. The first-order valence-corrected chi connectivity index (χ1v) is 44.9. The lowest BCUT2D eigenvalue weighted by Gasteiger charge is -2.19. The predicted molar refractivity (Wildman–Crippen MR) is 432 cm³/mol. The van der Waals surface area contributed by atoms with Crippen LogP contribution in [-0.4, -0.2) is 49.3 Å². The Kier molecular flexibility index (Phi) is 82.2. The van der Waals surface area contributed by atoms with Crippen LogP contribution in [0, 0.1) is 0 Å². The van der Waals surface area contributed by atoms with Crippen LogP contribution in [0.4, 0.5) is 0 Å². The van der Waals surface area contributed by atoms with Gasteiger partial charge in [-0.1, -0.05) is 446 Å². The molecule has 10 heteroatoms. The highest BCUT2D eigenvalue weighted by Gasteiger charge is 2.26. The molecule has 0 saturated carbocycles. The number of allylic oxidation sites excluding steroid dienone is 12. The number of hydrogen-bond donors (Lipinski definition) is 2. The lowest BCUT2D eigenvalue weighted by molar-refractivity contribution is -0.161. The van der Waals surface area contributed by atoms with Crippen LogP contribution in [0.1, 0.15) is 450 Å². The number of phosphoric acid groups is 1. The van der Waals surface area contributed by atoms with Crippen molar-refractivity contribution in [1.29, 1.82) is 0 Å². The summed E-state index contributed by atoms with van der Waals surface area (Å²) in [6.07, 6.45) is 114. The molecular formula is C89H166NO8P. The first-order chi connectivity index (χ1) is 48.8. The lowest BCUT2D eigenvalue weighted by Crippen LogP contribution is -2.29. The van der Waals surface area contributed by atoms with Gasteiger partial charge in [-0.25, -0.2) is 4.57 Å². The second kappa shape index (κ2) is 84.4. The first kappa shape index (κ1) is 96.4. The molecule has 0 bridgehead atoms. The number of carbonyl (C=O) groups is 2. The van der Waals surface area contributed by atoms with E-state index in [4.69, 9.17) is 24.3 Å². The number of phosphoric ester groups is 1. The van der Waals surface area contributed by atoms with Crippen molar-refractivity contribution in [1.82, 2.24) is 0 Å². The van der Waals surface area contributed by atoms with Crippen molar-refractivity contribution in [3.8, 4) is 0 Å². The van der Waals surface area contributed by atoms with Gasteiger partial charge in [0.1, 0.15) is 6.61 Å². The van der Waals surface area contributed by atoms with Crippen LogP contribution in [0.3, 0.4) is 0 Å². The molecule has 0 aromatic carbocycles. The Balaban J connectivity index is 3.72. The molecule has 0 aromatic rings. The molecule has 0 aromatic heterocycles. The summed E-state index contributed by atoms with van der Waals surface area (Å²) >= 11 is 0. The fourth-order valence-corrected chi connectivity index (χ4v) is 14.0. The van der Waals surface area contributed by atoms with Gasteiger partial charge in [0.15, 0.2) is 6.10 Å². The Labute approximate surface area is 615 Å². The molecule has 0 amide bonds. The fraction of sp³-hybridized carbons (Fsp3) is 0.843. The van der Waals surface area contributed by atoms with Gasteiger partial charge in [-0.15, -0.1) is 0 Å². The van der Waals surface area contributed by atoms with Crippen LogP contribution in [-0.2, 0) is 32.7 Å². The van der Waals surface area contributed by atoms with Gasteiger partial charge >= 0.3 is 19.8 Å². The summed E-state index contributed by atoms with van der Waals surface area (Å²) in [6, 6.07) is 0. The molecule has 2 unspecified atom stereocenters. The third-order valence-electron chi connectivity index (χ3n) is 19.6. The second-order valence-electron chi connectivity index (χ2n) is 29.4. The Morgan fingerprint density at radius 1 is 0.313 bits per heavy atom. The van der Waals surface area contributed by atoms with Gasteiger partial charge in [0, 0.05) is 19.4 Å². The zero-order chi connectivity index (χ0) is 71.5. The van der Waals surface area contributed by atoms with Crippen LogP contribution in [0.2, 0.25) is 0 Å². The highest BCUT2D eigenvalue weighted by Crippen LogP contribution is 2.43. The van der Waals surface area contributed by atoms with E-state index in [0.29, 0.717) is 6.42 Å². The van der Waals surface area contributed by atoms with Gasteiger partial charge in [-0.05, 0) is 64.2 Å². The number of esters is 2. The monoisotopic (exact) mass is 1410 g/mol. The van der Waals surface area contributed by atoms with Gasteiger partial charge < -0.3 is 20.1 Å². The number of rotatable bonds is 83. The predicted octanol–water partition coefficient (Wildman–Crippen LogP) is 29.4. The van der Waals surface area contributed by atoms with Crippen molar-refractivity contribution >= 4 is 19.8 Å². The van der Waals surface area contributed by atoms with E-state index in [9.17, 15) is 19.0 Å². The molecule has 99 heavy (non-hydrogen) atoms. The smallest absolute Gasteiger partial charge is 0.462 e. The Morgan fingerprint density at radius 3 is 0.828 bits per heavy atom. The second-order valence-corrected chi connectivity index (χ2v) is 30.8. The minimum absolute atomic E-state index is 0.0555. The topological polar surface area (TPSA) is 134 Å². The number of nitrogens with two attached hydrogens (primary N) is 1. The zero-order valence-electron chi connectivity index (χ0n) is 65.7. The van der Waals surface area contributed by atoms with Crippen LogP contribution in [0.5, 0.6) is 0 Å². The van der Waals surface area contributed by atoms with E-state index in [-0.39, 0.29) is 38.6 Å². The van der Waals surface area contributed by atoms with Gasteiger partial charge in [-0.3, -0.25) is 18.6 Å². The van der Waals surface area contributed by atoms with Crippen molar-refractivity contribution in [2.45, 2.75) is 457 Å². The molecule has 9 nitrogen and oxygen atoms in total. The number of unbranched alkanes of at least 4 members (excludes halogenated alkanes) is 58. The molecule has 0 saturated heterocycles. The maximum atomic E-state index is 12.8. The van der Waals surface area contributed by atoms with E-state index < -0.39 is 26.5 Å². The quantitative estimate of drug-likeness (QED) is 0.0264. The summed E-state index contributed by atoms with van der Waals surface area (Å²) in [7, 11) is -4.40. The van der Waals surface area contributed by atoms with Crippen LogP contribution >= 0.6 is 7.82 Å². The van der Waals surface area contributed by atoms with Crippen molar-refractivity contribution in [2.24, 2.45) is 5.73 Å². The van der Waals surface area contributed by atoms with Crippen LogP contribution in [0.15, 0.2) is 72.9 Å². The highest BCUT2D eigenvalue weighted by molar-refractivity contribution is 7.47. The Morgan fingerprint density at radius 2 is 0.556 bits per heavy atom. The van der Waals surface area contributed by atoms with E-state index in [1.165, 1.54) is 347 Å². The average molecular weight is 1410 g/mol. The molecule has 0 rings (SSSR count). The third-order valence-corrected chi connectivity index (χ3v) is 20.6. The molecule has 0 fully saturated rings. The average Bonchev–Trinajstić information content (AvgIpc) is 1.19. The molecule has 580 valence electrons. The van der Waals surface area contributed by atoms with E-state index in [1.807, 2.05) is 0 Å². The number of hydrogen-bond acceptors (Lipinski definition) is 8. The van der Waals surface area contributed by atoms with E-state index in [2.05, 4.69) is 86.8 Å². The first-order valence-electron chi connectivity index (χ1n) is 43.4. The molecular weight excluding hydrogens is 1240 g/mol.